The standard InChI is InChI=1S/C20H34N6O3/c1-23-19(22)18(21)20(25-15-29-12-11-28-4)24-13-16-5-7-17(8-6-16)14-26(2)9-10-27-3/h5-8,22,24-25H,1,9-15,21H2,2-4H3/b20-18+,22-19?. The fraction of sp³-hybridized carbons (Fsp3) is 0.500. The van der Waals surface area contributed by atoms with Crippen LogP contribution in [0.4, 0.5) is 0 Å². The van der Waals surface area contributed by atoms with Gasteiger partial charge in [0.15, 0.2) is 5.84 Å². The number of benzene rings is 1. The molecule has 0 amide bonds. The summed E-state index contributed by atoms with van der Waals surface area (Å²) in [7, 11) is 5.39. The predicted molar refractivity (Wildman–Crippen MR) is 116 cm³/mol. The topological polar surface area (TPSA) is 117 Å². The summed E-state index contributed by atoms with van der Waals surface area (Å²) in [5.41, 5.74) is 8.48. The van der Waals surface area contributed by atoms with Crippen molar-refractivity contribution in [1.82, 2.24) is 15.5 Å². The van der Waals surface area contributed by atoms with Crippen molar-refractivity contribution in [3.63, 3.8) is 0 Å². The van der Waals surface area contributed by atoms with Gasteiger partial charge < -0.3 is 30.6 Å². The zero-order valence-corrected chi connectivity index (χ0v) is 17.7. The molecule has 0 heterocycles. The van der Waals surface area contributed by atoms with Gasteiger partial charge in [-0.3, -0.25) is 10.3 Å². The van der Waals surface area contributed by atoms with Crippen LogP contribution in [0, 0.1) is 5.41 Å². The Morgan fingerprint density at radius 2 is 1.76 bits per heavy atom. The lowest BCUT2D eigenvalue weighted by Gasteiger charge is -2.17. The van der Waals surface area contributed by atoms with E-state index < -0.39 is 0 Å². The lowest BCUT2D eigenvalue weighted by atomic mass is 10.1. The molecule has 0 fully saturated rings. The molecule has 0 saturated heterocycles. The van der Waals surface area contributed by atoms with Crippen LogP contribution in [0.2, 0.25) is 0 Å². The molecule has 0 aliphatic heterocycles. The second-order valence-electron chi connectivity index (χ2n) is 6.42. The van der Waals surface area contributed by atoms with Gasteiger partial charge in [-0.15, -0.1) is 0 Å². The molecular weight excluding hydrogens is 372 g/mol. The first kappa shape index (κ1) is 24.6. The summed E-state index contributed by atoms with van der Waals surface area (Å²) < 4.78 is 15.4. The SMILES string of the molecule is C=NC(=N)/C(N)=C(\NCOCCOC)NCc1ccc(CN(C)CCOC)cc1. The highest BCUT2D eigenvalue weighted by molar-refractivity contribution is 5.98. The zero-order chi connectivity index (χ0) is 21.5. The first-order valence-electron chi connectivity index (χ1n) is 9.36. The summed E-state index contributed by atoms with van der Waals surface area (Å²) in [5.74, 6) is 0.370. The van der Waals surface area contributed by atoms with Crippen molar-refractivity contribution in [3.8, 4) is 0 Å². The van der Waals surface area contributed by atoms with E-state index in [1.54, 1.807) is 14.2 Å². The zero-order valence-electron chi connectivity index (χ0n) is 17.7. The molecule has 1 aromatic rings. The minimum Gasteiger partial charge on any atom is -0.393 e. The Bertz CT molecular complexity index is 648. The smallest absolute Gasteiger partial charge is 0.171 e. The van der Waals surface area contributed by atoms with Gasteiger partial charge >= 0.3 is 0 Å². The largest absolute Gasteiger partial charge is 0.393 e. The Morgan fingerprint density at radius 3 is 2.38 bits per heavy atom. The normalized spacial score (nSPS) is 11.9. The fourth-order valence-corrected chi connectivity index (χ4v) is 2.38. The van der Waals surface area contributed by atoms with Crippen LogP contribution in [-0.4, -0.2) is 71.8 Å². The molecule has 0 aromatic heterocycles. The van der Waals surface area contributed by atoms with E-state index in [2.05, 4.69) is 58.6 Å². The van der Waals surface area contributed by atoms with Crippen molar-refractivity contribution < 1.29 is 14.2 Å². The molecule has 0 bridgehead atoms. The molecule has 0 aliphatic rings. The van der Waals surface area contributed by atoms with E-state index in [1.807, 2.05) is 0 Å². The Balaban J connectivity index is 2.63. The van der Waals surface area contributed by atoms with E-state index in [-0.39, 0.29) is 18.3 Å². The molecule has 0 spiro atoms. The number of rotatable bonds is 15. The number of hydrogen-bond acceptors (Lipinski definition) is 8. The summed E-state index contributed by atoms with van der Waals surface area (Å²) in [6, 6.07) is 8.32. The summed E-state index contributed by atoms with van der Waals surface area (Å²) in [5, 5.41) is 14.0. The quantitative estimate of drug-likeness (QED) is 0.148. The van der Waals surface area contributed by atoms with Gasteiger partial charge in [0.2, 0.25) is 0 Å². The van der Waals surface area contributed by atoms with E-state index in [9.17, 15) is 0 Å². The third-order valence-corrected chi connectivity index (χ3v) is 4.09. The molecule has 29 heavy (non-hydrogen) atoms. The second-order valence-corrected chi connectivity index (χ2v) is 6.42. The highest BCUT2D eigenvalue weighted by Crippen LogP contribution is 2.08. The Hall–Kier alpha value is -2.46. The van der Waals surface area contributed by atoms with Gasteiger partial charge in [-0.05, 0) is 24.9 Å². The van der Waals surface area contributed by atoms with Gasteiger partial charge in [0.1, 0.15) is 18.2 Å². The van der Waals surface area contributed by atoms with Crippen LogP contribution in [0.3, 0.4) is 0 Å². The number of nitrogens with zero attached hydrogens (tertiary/aromatic N) is 2. The highest BCUT2D eigenvalue weighted by atomic mass is 16.5. The molecular formula is C20H34N6O3. The summed E-state index contributed by atoms with van der Waals surface area (Å²) >= 11 is 0. The van der Waals surface area contributed by atoms with Crippen LogP contribution in [0.1, 0.15) is 11.1 Å². The molecule has 0 saturated carbocycles. The van der Waals surface area contributed by atoms with Crippen molar-refractivity contribution >= 4 is 12.6 Å². The van der Waals surface area contributed by atoms with E-state index in [1.165, 1.54) is 5.56 Å². The summed E-state index contributed by atoms with van der Waals surface area (Å²) in [4.78, 5) is 5.79. The fourth-order valence-electron chi connectivity index (χ4n) is 2.38. The summed E-state index contributed by atoms with van der Waals surface area (Å²) in [6.45, 7) is 7.52. The number of amidine groups is 1. The second kappa shape index (κ2) is 14.5. The van der Waals surface area contributed by atoms with Crippen LogP contribution in [0.15, 0.2) is 40.8 Å². The van der Waals surface area contributed by atoms with Crippen LogP contribution >= 0.6 is 0 Å². The maximum atomic E-state index is 7.78. The molecule has 5 N–H and O–H groups in total. The average Bonchev–Trinajstić information content (AvgIpc) is 2.74. The number of ether oxygens (including phenoxy) is 3. The Kier molecular flexibility index (Phi) is 12.3. The maximum Gasteiger partial charge on any atom is 0.171 e. The number of aliphatic imine (C=N–C) groups is 1. The molecule has 162 valence electrons. The van der Waals surface area contributed by atoms with E-state index in [0.717, 1.165) is 18.7 Å². The van der Waals surface area contributed by atoms with Crippen molar-refractivity contribution in [2.24, 2.45) is 10.7 Å². The van der Waals surface area contributed by atoms with Crippen molar-refractivity contribution in [3.05, 3.63) is 46.9 Å². The van der Waals surface area contributed by atoms with Crippen LogP contribution < -0.4 is 16.4 Å². The van der Waals surface area contributed by atoms with Gasteiger partial charge in [0, 0.05) is 33.9 Å². The number of hydrogen-bond donors (Lipinski definition) is 4. The molecule has 9 nitrogen and oxygen atoms in total. The van der Waals surface area contributed by atoms with Gasteiger partial charge in [0.25, 0.3) is 0 Å². The lowest BCUT2D eigenvalue weighted by Crippen LogP contribution is -2.33. The predicted octanol–water partition coefficient (Wildman–Crippen LogP) is 0.870. The van der Waals surface area contributed by atoms with E-state index in [4.69, 9.17) is 25.4 Å². The first-order valence-corrected chi connectivity index (χ1v) is 9.36. The molecule has 1 aromatic carbocycles. The molecule has 0 radical (unpaired) electrons. The Morgan fingerprint density at radius 1 is 1.10 bits per heavy atom. The van der Waals surface area contributed by atoms with Gasteiger partial charge in [-0.1, -0.05) is 24.3 Å². The third-order valence-electron chi connectivity index (χ3n) is 4.09. The van der Waals surface area contributed by atoms with Crippen LogP contribution in [0.25, 0.3) is 0 Å². The Labute approximate surface area is 173 Å². The molecule has 0 unspecified atom stereocenters. The minimum absolute atomic E-state index is 0.105. The van der Waals surface area contributed by atoms with Gasteiger partial charge in [-0.25, -0.2) is 4.99 Å². The number of nitrogens with two attached hydrogens (primary N) is 1. The van der Waals surface area contributed by atoms with Crippen LogP contribution in [-0.2, 0) is 27.3 Å². The summed E-state index contributed by atoms with van der Waals surface area (Å²) in [6.07, 6.45) is 0. The third kappa shape index (κ3) is 10.0. The van der Waals surface area contributed by atoms with E-state index >= 15 is 0 Å². The number of methoxy groups -OCH3 is 2. The molecule has 0 aliphatic carbocycles. The first-order chi connectivity index (χ1) is 14.0. The van der Waals surface area contributed by atoms with Crippen molar-refractivity contribution in [1.29, 1.82) is 5.41 Å². The van der Waals surface area contributed by atoms with Crippen LogP contribution in [0.5, 0.6) is 0 Å². The minimum atomic E-state index is -0.105. The molecule has 9 heteroatoms. The monoisotopic (exact) mass is 406 g/mol. The van der Waals surface area contributed by atoms with Gasteiger partial charge in [-0.2, -0.15) is 0 Å². The maximum absolute atomic E-state index is 7.78. The van der Waals surface area contributed by atoms with Crippen molar-refractivity contribution in [2.45, 2.75) is 13.1 Å². The lowest BCUT2D eigenvalue weighted by molar-refractivity contribution is 0.0636. The number of nitrogens with one attached hydrogen (secondary N) is 3. The highest BCUT2D eigenvalue weighted by Gasteiger charge is 2.08. The average molecular weight is 407 g/mol. The molecule has 1 rings (SSSR count). The van der Waals surface area contributed by atoms with Gasteiger partial charge in [0.05, 0.1) is 19.8 Å². The molecule has 0 atom stereocenters. The van der Waals surface area contributed by atoms with E-state index in [0.29, 0.717) is 32.2 Å². The number of likely N-dealkylation sites (N-methyl/N-ethyl adjacent to an activating group) is 1. The van der Waals surface area contributed by atoms with Crippen molar-refractivity contribution in [2.75, 3.05) is 54.4 Å².